The highest BCUT2D eigenvalue weighted by Crippen LogP contribution is 2.41. The molecule has 0 unspecified atom stereocenters. The van der Waals surface area contributed by atoms with E-state index < -0.39 is 0 Å². The van der Waals surface area contributed by atoms with Crippen LogP contribution in [-0.2, 0) is 5.54 Å². The fourth-order valence-electron chi connectivity index (χ4n) is 4.63. The Morgan fingerprint density at radius 1 is 1.03 bits per heavy atom. The maximum atomic E-state index is 13.9. The molecule has 176 valence electrons. The molecule has 1 N–H and O–H groups in total. The fourth-order valence-corrected chi connectivity index (χ4v) is 4.63. The number of hydrogen-bond acceptors (Lipinski definition) is 4. The van der Waals surface area contributed by atoms with Gasteiger partial charge in [-0.3, -0.25) is 9.20 Å². The Morgan fingerprint density at radius 2 is 1.77 bits per heavy atom. The van der Waals surface area contributed by atoms with Gasteiger partial charge in [0.05, 0.1) is 22.2 Å². The molecule has 0 spiro atoms. The quantitative estimate of drug-likeness (QED) is 0.357. The summed E-state index contributed by atoms with van der Waals surface area (Å²) in [5.74, 6) is 0.875. The van der Waals surface area contributed by atoms with E-state index in [9.17, 15) is 4.79 Å². The SMILES string of the molecule is Cc1nn(C(C)(C)C)c2nc(C3CC3)cc(C(=O)Nc3c(-c4ccccc4)nc4ccccn34)c12. The van der Waals surface area contributed by atoms with Crippen molar-refractivity contribution in [1.29, 1.82) is 0 Å². The molecule has 1 aromatic carbocycles. The van der Waals surface area contributed by atoms with Crippen molar-refractivity contribution in [3.63, 3.8) is 0 Å². The number of aryl methyl sites for hydroxylation is 1. The Bertz CT molecular complexity index is 1590. The number of amides is 1. The number of hydrogen-bond donors (Lipinski definition) is 1. The van der Waals surface area contributed by atoms with E-state index in [2.05, 4.69) is 26.1 Å². The second-order valence-corrected chi connectivity index (χ2v) is 10.3. The number of aromatic nitrogens is 5. The van der Waals surface area contributed by atoms with Crippen molar-refractivity contribution in [2.75, 3.05) is 5.32 Å². The first kappa shape index (κ1) is 21.5. The lowest BCUT2D eigenvalue weighted by atomic mass is 10.1. The smallest absolute Gasteiger partial charge is 0.257 e. The van der Waals surface area contributed by atoms with Crippen LogP contribution < -0.4 is 5.32 Å². The number of carbonyl (C=O) groups is 1. The third-order valence-corrected chi connectivity index (χ3v) is 6.52. The average molecular weight is 465 g/mol. The average Bonchev–Trinajstić information content (AvgIpc) is 3.56. The van der Waals surface area contributed by atoms with Gasteiger partial charge in [-0.2, -0.15) is 5.10 Å². The van der Waals surface area contributed by atoms with Crippen LogP contribution in [0, 0.1) is 6.92 Å². The Hall–Kier alpha value is -4.00. The summed E-state index contributed by atoms with van der Waals surface area (Å²) in [4.78, 5) is 23.7. The molecular formula is C28H28N6O. The molecule has 0 bridgehead atoms. The lowest BCUT2D eigenvalue weighted by Gasteiger charge is -2.20. The summed E-state index contributed by atoms with van der Waals surface area (Å²) in [6.07, 6.45) is 4.13. The Labute approximate surface area is 203 Å². The fraction of sp³-hybridized carbons (Fsp3) is 0.286. The van der Waals surface area contributed by atoms with Gasteiger partial charge in [-0.1, -0.05) is 36.4 Å². The summed E-state index contributed by atoms with van der Waals surface area (Å²) in [5, 5.41) is 8.80. The summed E-state index contributed by atoms with van der Waals surface area (Å²) in [6, 6.07) is 17.7. The van der Waals surface area contributed by atoms with Crippen LogP contribution in [0.25, 0.3) is 27.9 Å². The molecule has 7 heteroatoms. The van der Waals surface area contributed by atoms with E-state index in [0.29, 0.717) is 17.3 Å². The highest BCUT2D eigenvalue weighted by atomic mass is 16.1. The number of anilines is 1. The van der Waals surface area contributed by atoms with Crippen LogP contribution in [0.5, 0.6) is 0 Å². The van der Waals surface area contributed by atoms with Gasteiger partial charge in [-0.05, 0) is 58.7 Å². The molecule has 7 nitrogen and oxygen atoms in total. The van der Waals surface area contributed by atoms with E-state index >= 15 is 0 Å². The lowest BCUT2D eigenvalue weighted by Crippen LogP contribution is -2.24. The predicted molar refractivity (Wildman–Crippen MR) is 138 cm³/mol. The molecule has 0 saturated heterocycles. The van der Waals surface area contributed by atoms with Crippen molar-refractivity contribution in [2.45, 2.75) is 52.0 Å². The first-order valence-electron chi connectivity index (χ1n) is 12.1. The van der Waals surface area contributed by atoms with E-state index in [-0.39, 0.29) is 11.4 Å². The third kappa shape index (κ3) is 3.67. The minimum absolute atomic E-state index is 0.182. The molecule has 0 atom stereocenters. The molecule has 6 rings (SSSR count). The van der Waals surface area contributed by atoms with Gasteiger partial charge in [0.15, 0.2) is 5.65 Å². The van der Waals surface area contributed by atoms with Gasteiger partial charge in [0, 0.05) is 23.4 Å². The molecule has 1 fully saturated rings. The molecule has 4 heterocycles. The van der Waals surface area contributed by atoms with E-state index in [1.807, 2.05) is 76.8 Å². The van der Waals surface area contributed by atoms with Gasteiger partial charge in [-0.25, -0.2) is 14.6 Å². The minimum Gasteiger partial charge on any atom is -0.306 e. The number of pyridine rings is 2. The van der Waals surface area contributed by atoms with E-state index in [4.69, 9.17) is 15.1 Å². The summed E-state index contributed by atoms with van der Waals surface area (Å²) in [5.41, 5.74) is 5.35. The number of rotatable bonds is 4. The minimum atomic E-state index is -0.252. The highest BCUT2D eigenvalue weighted by molar-refractivity contribution is 6.13. The number of benzene rings is 1. The topological polar surface area (TPSA) is 77.1 Å². The monoisotopic (exact) mass is 464 g/mol. The Kier molecular flexibility index (Phi) is 4.78. The molecule has 1 aliphatic rings. The maximum absolute atomic E-state index is 13.9. The maximum Gasteiger partial charge on any atom is 0.257 e. The van der Waals surface area contributed by atoms with Gasteiger partial charge in [0.2, 0.25) is 0 Å². The number of fused-ring (bicyclic) bond motifs is 2. The molecule has 1 amide bonds. The van der Waals surface area contributed by atoms with Gasteiger partial charge in [-0.15, -0.1) is 0 Å². The van der Waals surface area contributed by atoms with Gasteiger partial charge in [0.1, 0.15) is 17.2 Å². The zero-order valence-electron chi connectivity index (χ0n) is 20.4. The van der Waals surface area contributed by atoms with Crippen LogP contribution in [-0.4, -0.2) is 30.1 Å². The molecule has 5 aromatic rings. The number of imidazole rings is 1. The summed E-state index contributed by atoms with van der Waals surface area (Å²) in [6.45, 7) is 8.27. The summed E-state index contributed by atoms with van der Waals surface area (Å²) >= 11 is 0. The molecular weight excluding hydrogens is 436 g/mol. The van der Waals surface area contributed by atoms with E-state index in [0.717, 1.165) is 52.2 Å². The molecule has 0 aliphatic heterocycles. The van der Waals surface area contributed by atoms with Crippen LogP contribution in [0.1, 0.15) is 61.3 Å². The molecule has 0 radical (unpaired) electrons. The summed E-state index contributed by atoms with van der Waals surface area (Å²) < 4.78 is 3.87. The van der Waals surface area contributed by atoms with Crippen molar-refractivity contribution in [3.8, 4) is 11.3 Å². The summed E-state index contributed by atoms with van der Waals surface area (Å²) in [7, 11) is 0. The number of nitrogens with zero attached hydrogens (tertiary/aromatic N) is 5. The highest BCUT2D eigenvalue weighted by Gasteiger charge is 2.31. The Morgan fingerprint density at radius 3 is 2.49 bits per heavy atom. The van der Waals surface area contributed by atoms with Gasteiger partial charge >= 0.3 is 0 Å². The third-order valence-electron chi connectivity index (χ3n) is 6.52. The van der Waals surface area contributed by atoms with Crippen molar-refractivity contribution >= 4 is 28.4 Å². The number of nitrogens with one attached hydrogen (secondary N) is 1. The van der Waals surface area contributed by atoms with Gasteiger partial charge < -0.3 is 5.32 Å². The largest absolute Gasteiger partial charge is 0.306 e. The van der Waals surface area contributed by atoms with Crippen LogP contribution in [0.2, 0.25) is 0 Å². The van der Waals surface area contributed by atoms with Crippen LogP contribution in [0.3, 0.4) is 0 Å². The Balaban J connectivity index is 1.52. The second kappa shape index (κ2) is 7.77. The standard InChI is InChI=1S/C28H28N6O/c1-17-23-20(16-21(18-13-14-18)29-25(23)34(32-17)28(2,3)4)27(35)31-26-24(19-10-6-5-7-11-19)30-22-12-8-9-15-33(22)26/h5-12,15-16,18H,13-14H2,1-4H3,(H,31,35). The molecule has 1 aliphatic carbocycles. The van der Waals surface area contributed by atoms with Crippen LogP contribution in [0.4, 0.5) is 5.82 Å². The lowest BCUT2D eigenvalue weighted by molar-refractivity contribution is 0.102. The van der Waals surface area contributed by atoms with Crippen molar-refractivity contribution in [3.05, 3.63) is 77.7 Å². The van der Waals surface area contributed by atoms with E-state index in [1.165, 1.54) is 0 Å². The second-order valence-electron chi connectivity index (χ2n) is 10.3. The van der Waals surface area contributed by atoms with Crippen molar-refractivity contribution in [2.24, 2.45) is 0 Å². The zero-order valence-corrected chi connectivity index (χ0v) is 20.4. The van der Waals surface area contributed by atoms with Crippen molar-refractivity contribution < 1.29 is 4.79 Å². The van der Waals surface area contributed by atoms with E-state index in [1.54, 1.807) is 0 Å². The zero-order chi connectivity index (χ0) is 24.3. The predicted octanol–water partition coefficient (Wildman–Crippen LogP) is 5.94. The normalized spacial score (nSPS) is 14.1. The first-order valence-corrected chi connectivity index (χ1v) is 12.1. The first-order chi connectivity index (χ1) is 16.8. The molecule has 1 saturated carbocycles. The van der Waals surface area contributed by atoms with Gasteiger partial charge in [0.25, 0.3) is 5.91 Å². The molecule has 35 heavy (non-hydrogen) atoms. The van der Waals surface area contributed by atoms with Crippen LogP contribution in [0.15, 0.2) is 60.8 Å². The van der Waals surface area contributed by atoms with Crippen LogP contribution >= 0.6 is 0 Å². The number of carbonyl (C=O) groups excluding carboxylic acids is 1. The molecule has 4 aromatic heterocycles. The van der Waals surface area contributed by atoms with Crippen molar-refractivity contribution in [1.82, 2.24) is 24.1 Å².